The van der Waals surface area contributed by atoms with Gasteiger partial charge in [-0.25, -0.2) is 0 Å². The van der Waals surface area contributed by atoms with Crippen molar-refractivity contribution in [1.29, 1.82) is 0 Å². The van der Waals surface area contributed by atoms with Crippen molar-refractivity contribution in [2.75, 3.05) is 13.1 Å². The topological polar surface area (TPSA) is 32.3 Å². The van der Waals surface area contributed by atoms with Crippen LogP contribution < -0.4 is 5.32 Å². The summed E-state index contributed by atoms with van der Waals surface area (Å²) in [5.74, 6) is 0.344. The summed E-state index contributed by atoms with van der Waals surface area (Å²) < 4.78 is 0. The van der Waals surface area contributed by atoms with Gasteiger partial charge in [-0.3, -0.25) is 0 Å². The van der Waals surface area contributed by atoms with Crippen molar-refractivity contribution in [2.45, 2.75) is 12.8 Å². The maximum atomic E-state index is 9.79. The SMILES string of the molecule is Oc1ccc(Cc2ccccc2)c(C2=CCNCC2)c1. The van der Waals surface area contributed by atoms with Crippen molar-refractivity contribution in [3.8, 4) is 5.75 Å². The van der Waals surface area contributed by atoms with E-state index < -0.39 is 0 Å². The molecule has 0 aliphatic carbocycles. The van der Waals surface area contributed by atoms with Gasteiger partial charge in [0, 0.05) is 6.54 Å². The van der Waals surface area contributed by atoms with Gasteiger partial charge < -0.3 is 10.4 Å². The molecule has 0 radical (unpaired) electrons. The molecule has 0 fully saturated rings. The fourth-order valence-electron chi connectivity index (χ4n) is 2.70. The van der Waals surface area contributed by atoms with E-state index >= 15 is 0 Å². The average molecular weight is 265 g/mol. The molecule has 0 aromatic heterocycles. The van der Waals surface area contributed by atoms with E-state index in [4.69, 9.17) is 0 Å². The Kier molecular flexibility index (Phi) is 3.84. The van der Waals surface area contributed by atoms with Crippen LogP contribution in [0.25, 0.3) is 5.57 Å². The van der Waals surface area contributed by atoms with E-state index in [0.717, 1.165) is 25.9 Å². The van der Waals surface area contributed by atoms with E-state index in [1.165, 1.54) is 22.3 Å². The number of nitrogens with one attached hydrogen (secondary N) is 1. The van der Waals surface area contributed by atoms with E-state index in [0.29, 0.717) is 5.75 Å². The van der Waals surface area contributed by atoms with Crippen LogP contribution in [0.15, 0.2) is 54.6 Å². The molecule has 1 aliphatic heterocycles. The molecule has 102 valence electrons. The molecular formula is C18H19NO. The molecule has 2 heteroatoms. The van der Waals surface area contributed by atoms with Crippen molar-refractivity contribution < 1.29 is 5.11 Å². The molecule has 3 rings (SSSR count). The van der Waals surface area contributed by atoms with Crippen LogP contribution in [0.4, 0.5) is 0 Å². The molecule has 0 atom stereocenters. The fraction of sp³-hybridized carbons (Fsp3) is 0.222. The van der Waals surface area contributed by atoms with Gasteiger partial charge in [-0.1, -0.05) is 42.5 Å². The molecule has 0 amide bonds. The van der Waals surface area contributed by atoms with Gasteiger partial charge in [-0.15, -0.1) is 0 Å². The van der Waals surface area contributed by atoms with Crippen LogP contribution in [0.1, 0.15) is 23.1 Å². The highest BCUT2D eigenvalue weighted by molar-refractivity contribution is 5.70. The van der Waals surface area contributed by atoms with Crippen LogP contribution in [0.5, 0.6) is 5.75 Å². The van der Waals surface area contributed by atoms with Gasteiger partial charge in [0.15, 0.2) is 0 Å². The summed E-state index contributed by atoms with van der Waals surface area (Å²) in [6, 6.07) is 16.2. The summed E-state index contributed by atoms with van der Waals surface area (Å²) in [5, 5.41) is 13.1. The summed E-state index contributed by atoms with van der Waals surface area (Å²) in [6.07, 6.45) is 4.15. The Morgan fingerprint density at radius 3 is 2.65 bits per heavy atom. The second kappa shape index (κ2) is 5.93. The maximum Gasteiger partial charge on any atom is 0.116 e. The number of phenolic OH excluding ortho intramolecular Hbond substituents is 1. The lowest BCUT2D eigenvalue weighted by molar-refractivity contribution is 0.475. The number of hydrogen-bond donors (Lipinski definition) is 2. The summed E-state index contributed by atoms with van der Waals surface area (Å²) in [5.41, 5.74) is 5.11. The zero-order valence-electron chi connectivity index (χ0n) is 11.5. The Morgan fingerprint density at radius 2 is 1.90 bits per heavy atom. The van der Waals surface area contributed by atoms with Crippen molar-refractivity contribution >= 4 is 5.57 Å². The fourth-order valence-corrected chi connectivity index (χ4v) is 2.70. The van der Waals surface area contributed by atoms with Crippen LogP contribution >= 0.6 is 0 Å². The van der Waals surface area contributed by atoms with Crippen molar-refractivity contribution in [3.63, 3.8) is 0 Å². The largest absolute Gasteiger partial charge is 0.508 e. The van der Waals surface area contributed by atoms with Crippen molar-refractivity contribution in [2.24, 2.45) is 0 Å². The van der Waals surface area contributed by atoms with Gasteiger partial charge in [0.2, 0.25) is 0 Å². The molecule has 2 aromatic carbocycles. The molecular weight excluding hydrogens is 246 g/mol. The molecule has 0 spiro atoms. The number of aromatic hydroxyl groups is 1. The van der Waals surface area contributed by atoms with Gasteiger partial charge in [0.1, 0.15) is 5.75 Å². The van der Waals surface area contributed by atoms with Crippen LogP contribution in [-0.2, 0) is 6.42 Å². The monoisotopic (exact) mass is 265 g/mol. The molecule has 0 saturated heterocycles. The highest BCUT2D eigenvalue weighted by atomic mass is 16.3. The zero-order valence-corrected chi connectivity index (χ0v) is 11.5. The molecule has 1 heterocycles. The standard InChI is InChI=1S/C18H19NO/c20-17-7-6-16(12-14-4-2-1-3-5-14)18(13-17)15-8-10-19-11-9-15/h1-8,13,19-20H,9-12H2. The first-order chi connectivity index (χ1) is 9.83. The van der Waals surface area contributed by atoms with Gasteiger partial charge in [0.05, 0.1) is 0 Å². The summed E-state index contributed by atoms with van der Waals surface area (Å²) >= 11 is 0. The normalized spacial score (nSPS) is 14.9. The molecule has 2 N–H and O–H groups in total. The minimum Gasteiger partial charge on any atom is -0.508 e. The molecule has 0 bridgehead atoms. The van der Waals surface area contributed by atoms with Crippen LogP contribution in [-0.4, -0.2) is 18.2 Å². The average Bonchev–Trinajstić information content (AvgIpc) is 2.51. The van der Waals surface area contributed by atoms with Gasteiger partial charge in [-0.2, -0.15) is 0 Å². The van der Waals surface area contributed by atoms with Crippen molar-refractivity contribution in [3.05, 3.63) is 71.3 Å². The van der Waals surface area contributed by atoms with Crippen LogP contribution in [0, 0.1) is 0 Å². The Balaban J connectivity index is 1.96. The van der Waals surface area contributed by atoms with E-state index in [2.05, 4.69) is 35.7 Å². The predicted molar refractivity (Wildman–Crippen MR) is 82.8 cm³/mol. The molecule has 0 unspecified atom stereocenters. The summed E-state index contributed by atoms with van der Waals surface area (Å²) in [7, 11) is 0. The Bertz CT molecular complexity index is 617. The molecule has 2 nitrogen and oxygen atoms in total. The second-order valence-corrected chi connectivity index (χ2v) is 5.19. The lowest BCUT2D eigenvalue weighted by Crippen LogP contribution is -2.20. The third kappa shape index (κ3) is 2.91. The molecule has 20 heavy (non-hydrogen) atoms. The number of phenols is 1. The van der Waals surface area contributed by atoms with E-state index in [1.807, 2.05) is 18.2 Å². The molecule has 1 aliphatic rings. The first kappa shape index (κ1) is 12.9. The molecule has 2 aromatic rings. The number of benzene rings is 2. The van der Waals surface area contributed by atoms with E-state index in [9.17, 15) is 5.11 Å². The van der Waals surface area contributed by atoms with E-state index in [-0.39, 0.29) is 0 Å². The highest BCUT2D eigenvalue weighted by Gasteiger charge is 2.11. The van der Waals surface area contributed by atoms with Crippen LogP contribution in [0.2, 0.25) is 0 Å². The minimum atomic E-state index is 0.344. The maximum absolute atomic E-state index is 9.79. The first-order valence-corrected chi connectivity index (χ1v) is 7.09. The Morgan fingerprint density at radius 1 is 1.05 bits per heavy atom. The smallest absolute Gasteiger partial charge is 0.116 e. The number of rotatable bonds is 3. The first-order valence-electron chi connectivity index (χ1n) is 7.09. The quantitative estimate of drug-likeness (QED) is 0.892. The van der Waals surface area contributed by atoms with Gasteiger partial charge >= 0.3 is 0 Å². The lowest BCUT2D eigenvalue weighted by Gasteiger charge is -2.18. The van der Waals surface area contributed by atoms with Gasteiger partial charge in [0.25, 0.3) is 0 Å². The third-order valence-corrected chi connectivity index (χ3v) is 3.74. The highest BCUT2D eigenvalue weighted by Crippen LogP contribution is 2.28. The van der Waals surface area contributed by atoms with Crippen molar-refractivity contribution in [1.82, 2.24) is 5.32 Å². The Hall–Kier alpha value is -2.06. The number of hydrogen-bond acceptors (Lipinski definition) is 2. The lowest BCUT2D eigenvalue weighted by atomic mass is 9.92. The zero-order chi connectivity index (χ0) is 13.8. The summed E-state index contributed by atoms with van der Waals surface area (Å²) in [4.78, 5) is 0. The van der Waals surface area contributed by atoms with E-state index in [1.54, 1.807) is 6.07 Å². The van der Waals surface area contributed by atoms with Gasteiger partial charge in [-0.05, 0) is 53.8 Å². The summed E-state index contributed by atoms with van der Waals surface area (Å²) in [6.45, 7) is 1.92. The molecule has 0 saturated carbocycles. The minimum absolute atomic E-state index is 0.344. The Labute approximate surface area is 119 Å². The second-order valence-electron chi connectivity index (χ2n) is 5.19. The predicted octanol–water partition coefficient (Wildman–Crippen LogP) is 3.36. The van der Waals surface area contributed by atoms with Crippen LogP contribution in [0.3, 0.4) is 0 Å². The third-order valence-electron chi connectivity index (χ3n) is 3.74.